The SMILES string of the molecule is C=C(/C=C(\C)C#N)[N+](=O)[O-]. The Morgan fingerprint density at radius 3 is 2.70 bits per heavy atom. The van der Waals surface area contributed by atoms with E-state index in [2.05, 4.69) is 6.58 Å². The summed E-state index contributed by atoms with van der Waals surface area (Å²) in [4.78, 5) is 9.26. The lowest BCUT2D eigenvalue weighted by Gasteiger charge is -1.85. The van der Waals surface area contributed by atoms with Crippen molar-refractivity contribution in [3.05, 3.63) is 34.0 Å². The van der Waals surface area contributed by atoms with E-state index in [1.54, 1.807) is 6.07 Å². The minimum Gasteiger partial charge on any atom is -0.258 e. The topological polar surface area (TPSA) is 66.9 Å². The Balaban J connectivity index is 4.32. The highest BCUT2D eigenvalue weighted by molar-refractivity contribution is 5.24. The van der Waals surface area contributed by atoms with Crippen LogP contribution in [0.3, 0.4) is 0 Å². The van der Waals surface area contributed by atoms with Gasteiger partial charge in [-0.05, 0) is 13.5 Å². The van der Waals surface area contributed by atoms with Crippen LogP contribution in [-0.2, 0) is 0 Å². The Hall–Kier alpha value is -1.63. The normalized spacial score (nSPS) is 10.2. The molecule has 0 bridgehead atoms. The predicted octanol–water partition coefficient (Wildman–Crippen LogP) is 1.25. The lowest BCUT2D eigenvalue weighted by molar-refractivity contribution is -0.418. The fraction of sp³-hybridized carbons (Fsp3) is 0.167. The van der Waals surface area contributed by atoms with Gasteiger partial charge in [-0.3, -0.25) is 10.1 Å². The van der Waals surface area contributed by atoms with Crippen LogP contribution in [0.1, 0.15) is 6.92 Å². The van der Waals surface area contributed by atoms with Crippen molar-refractivity contribution < 1.29 is 4.92 Å². The molecule has 4 heteroatoms. The first-order valence-corrected chi connectivity index (χ1v) is 2.49. The van der Waals surface area contributed by atoms with Gasteiger partial charge in [0.25, 0.3) is 5.70 Å². The van der Waals surface area contributed by atoms with Crippen molar-refractivity contribution in [2.45, 2.75) is 6.92 Å². The van der Waals surface area contributed by atoms with Gasteiger partial charge < -0.3 is 0 Å². The fourth-order valence-corrected chi connectivity index (χ4v) is 0.335. The predicted molar refractivity (Wildman–Crippen MR) is 35.5 cm³/mol. The minimum atomic E-state index is -0.638. The molecule has 0 aromatic carbocycles. The molecule has 0 unspecified atom stereocenters. The highest BCUT2D eigenvalue weighted by atomic mass is 16.6. The monoisotopic (exact) mass is 138 g/mol. The molecule has 0 amide bonds. The highest BCUT2D eigenvalue weighted by Gasteiger charge is 2.00. The molecular formula is C6H6N2O2. The molecule has 52 valence electrons. The van der Waals surface area contributed by atoms with Crippen molar-refractivity contribution in [3.63, 3.8) is 0 Å². The zero-order valence-corrected chi connectivity index (χ0v) is 5.50. The molecule has 0 rings (SSSR count). The lowest BCUT2D eigenvalue weighted by atomic mass is 10.3. The zero-order chi connectivity index (χ0) is 8.15. The molecule has 0 aromatic rings. The van der Waals surface area contributed by atoms with Gasteiger partial charge in [0.05, 0.1) is 11.0 Å². The maximum absolute atomic E-state index is 9.90. The van der Waals surface area contributed by atoms with Crippen molar-refractivity contribution >= 4 is 0 Å². The highest BCUT2D eigenvalue weighted by Crippen LogP contribution is 1.98. The average Bonchev–Trinajstić information content (AvgIpc) is 1.87. The third kappa shape index (κ3) is 2.62. The van der Waals surface area contributed by atoms with E-state index >= 15 is 0 Å². The molecule has 0 atom stereocenters. The summed E-state index contributed by atoms with van der Waals surface area (Å²) in [5.41, 5.74) is 0.0146. The second kappa shape index (κ2) is 3.41. The molecule has 0 aliphatic heterocycles. The summed E-state index contributed by atoms with van der Waals surface area (Å²) in [7, 11) is 0. The molecule has 0 heterocycles. The third-order valence-electron chi connectivity index (χ3n) is 0.794. The minimum absolute atomic E-state index is 0.265. The van der Waals surface area contributed by atoms with E-state index in [-0.39, 0.29) is 11.3 Å². The van der Waals surface area contributed by atoms with E-state index in [0.717, 1.165) is 6.08 Å². The van der Waals surface area contributed by atoms with Gasteiger partial charge in [0, 0.05) is 11.6 Å². The van der Waals surface area contributed by atoms with Crippen molar-refractivity contribution in [1.29, 1.82) is 5.26 Å². The molecule has 4 nitrogen and oxygen atoms in total. The van der Waals surface area contributed by atoms with E-state index in [1.165, 1.54) is 6.92 Å². The van der Waals surface area contributed by atoms with Crippen LogP contribution in [0.25, 0.3) is 0 Å². The van der Waals surface area contributed by atoms with E-state index in [1.807, 2.05) is 0 Å². The first kappa shape index (κ1) is 8.37. The smallest absolute Gasteiger partial charge is 0.258 e. The van der Waals surface area contributed by atoms with Crippen LogP contribution in [-0.4, -0.2) is 4.92 Å². The second-order valence-electron chi connectivity index (χ2n) is 1.69. The molecule has 0 saturated carbocycles. The molecule has 0 aliphatic rings. The summed E-state index contributed by atoms with van der Waals surface area (Å²) < 4.78 is 0. The van der Waals surface area contributed by atoms with Crippen LogP contribution >= 0.6 is 0 Å². The lowest BCUT2D eigenvalue weighted by Crippen LogP contribution is -1.93. The molecule has 0 aliphatic carbocycles. The van der Waals surface area contributed by atoms with Crippen molar-refractivity contribution in [3.8, 4) is 6.07 Å². The van der Waals surface area contributed by atoms with Gasteiger partial charge in [-0.2, -0.15) is 5.26 Å². The van der Waals surface area contributed by atoms with E-state index in [4.69, 9.17) is 5.26 Å². The molecule has 0 saturated heterocycles. The molecular weight excluding hydrogens is 132 g/mol. The number of hydrogen-bond acceptors (Lipinski definition) is 3. The zero-order valence-electron chi connectivity index (χ0n) is 5.50. The van der Waals surface area contributed by atoms with Gasteiger partial charge in [0.15, 0.2) is 0 Å². The van der Waals surface area contributed by atoms with Crippen LogP contribution in [0.2, 0.25) is 0 Å². The van der Waals surface area contributed by atoms with Crippen molar-refractivity contribution in [1.82, 2.24) is 0 Å². The van der Waals surface area contributed by atoms with E-state index in [9.17, 15) is 10.1 Å². The fourth-order valence-electron chi connectivity index (χ4n) is 0.335. The number of nitrogens with zero attached hydrogens (tertiary/aromatic N) is 2. The summed E-state index contributed by atoms with van der Waals surface area (Å²) in [6.07, 6.45) is 1.12. The van der Waals surface area contributed by atoms with Gasteiger partial charge >= 0.3 is 0 Å². The molecule has 0 aromatic heterocycles. The molecule has 0 spiro atoms. The first-order chi connectivity index (χ1) is 4.57. The Morgan fingerprint density at radius 2 is 2.40 bits per heavy atom. The Bertz CT molecular complexity index is 235. The largest absolute Gasteiger partial charge is 0.263 e. The van der Waals surface area contributed by atoms with Gasteiger partial charge in [-0.1, -0.05) is 0 Å². The second-order valence-corrected chi connectivity index (χ2v) is 1.69. The number of hydrogen-bond donors (Lipinski definition) is 0. The Labute approximate surface area is 58.2 Å². The Morgan fingerprint density at radius 1 is 1.90 bits per heavy atom. The first-order valence-electron chi connectivity index (χ1n) is 2.49. The van der Waals surface area contributed by atoms with E-state index in [0.29, 0.717) is 0 Å². The maximum Gasteiger partial charge on any atom is 0.263 e. The van der Waals surface area contributed by atoms with E-state index < -0.39 is 4.92 Å². The number of rotatable bonds is 2. The molecule has 0 fully saturated rings. The summed E-state index contributed by atoms with van der Waals surface area (Å²) in [5.74, 6) is 0. The molecule has 10 heavy (non-hydrogen) atoms. The summed E-state index contributed by atoms with van der Waals surface area (Å²) in [5, 5.41) is 18.1. The van der Waals surface area contributed by atoms with Gasteiger partial charge in [0.2, 0.25) is 0 Å². The van der Waals surface area contributed by atoms with Crippen molar-refractivity contribution in [2.24, 2.45) is 0 Å². The van der Waals surface area contributed by atoms with Crippen LogP contribution in [0.4, 0.5) is 0 Å². The summed E-state index contributed by atoms with van der Waals surface area (Å²) >= 11 is 0. The van der Waals surface area contributed by atoms with Crippen LogP contribution in [0.5, 0.6) is 0 Å². The van der Waals surface area contributed by atoms with Crippen LogP contribution in [0, 0.1) is 21.4 Å². The Kier molecular flexibility index (Phi) is 2.85. The third-order valence-corrected chi connectivity index (χ3v) is 0.794. The summed E-state index contributed by atoms with van der Waals surface area (Å²) in [6.45, 7) is 4.60. The van der Waals surface area contributed by atoms with Crippen LogP contribution < -0.4 is 0 Å². The van der Waals surface area contributed by atoms with Crippen LogP contribution in [0.15, 0.2) is 23.9 Å². The number of nitro groups is 1. The number of nitriles is 1. The standard InChI is InChI=1S/C6H6N2O2/c1-5(4-7)3-6(2)8(9)10/h3H,2H2,1H3/b5-3+. The summed E-state index contributed by atoms with van der Waals surface area (Å²) in [6, 6.07) is 1.75. The maximum atomic E-state index is 9.90. The van der Waals surface area contributed by atoms with Gasteiger partial charge in [-0.15, -0.1) is 0 Å². The molecule has 0 N–H and O–H groups in total. The quantitative estimate of drug-likeness (QED) is 0.249. The van der Waals surface area contributed by atoms with Crippen molar-refractivity contribution in [2.75, 3.05) is 0 Å². The van der Waals surface area contributed by atoms with Gasteiger partial charge in [0.1, 0.15) is 0 Å². The number of allylic oxidation sites excluding steroid dienone is 2. The average molecular weight is 138 g/mol. The molecule has 0 radical (unpaired) electrons. The van der Waals surface area contributed by atoms with Gasteiger partial charge in [-0.25, -0.2) is 0 Å².